The second-order valence-electron chi connectivity index (χ2n) is 11.6. The molecule has 2 fully saturated rings. The highest BCUT2D eigenvalue weighted by Crippen LogP contribution is 2.28. The molecule has 1 heterocycles. The number of carbonyl (C=O) groups excluding carboxylic acids is 3. The van der Waals surface area contributed by atoms with Crippen LogP contribution < -0.4 is 10.6 Å². The van der Waals surface area contributed by atoms with Gasteiger partial charge in [0.15, 0.2) is 5.78 Å². The van der Waals surface area contributed by atoms with Crippen molar-refractivity contribution in [3.63, 3.8) is 0 Å². The molecule has 1 aliphatic carbocycles. The van der Waals surface area contributed by atoms with Gasteiger partial charge in [0.25, 0.3) is 0 Å². The summed E-state index contributed by atoms with van der Waals surface area (Å²) < 4.78 is 13.6. The Kier molecular flexibility index (Phi) is 9.64. The molecular weight excluding hydrogens is 531 g/mol. The molecule has 1 saturated heterocycles. The number of carbonyl (C=O) groups is 3. The van der Waals surface area contributed by atoms with Crippen LogP contribution in [0.5, 0.6) is 0 Å². The number of ketones is 1. The zero-order valence-corrected chi connectivity index (χ0v) is 24.1. The number of hydrogen-bond acceptors (Lipinski definition) is 4. The van der Waals surface area contributed by atoms with Crippen LogP contribution in [0.25, 0.3) is 0 Å². The third kappa shape index (κ3) is 7.82. The van der Waals surface area contributed by atoms with E-state index in [1.807, 2.05) is 35.2 Å². The second kappa shape index (κ2) is 13.7. The number of anilines is 1. The molecule has 0 unspecified atom stereocenters. The number of hydrogen-bond donors (Lipinski definition) is 2. The largest absolute Gasteiger partial charge is 0.335 e. The van der Waals surface area contributed by atoms with Gasteiger partial charge in [0.1, 0.15) is 5.82 Å². The van der Waals surface area contributed by atoms with E-state index in [4.69, 9.17) is 0 Å². The van der Waals surface area contributed by atoms with E-state index in [9.17, 15) is 18.8 Å². The number of piperazine rings is 1. The number of rotatable bonds is 9. The molecule has 0 radical (unpaired) electrons. The van der Waals surface area contributed by atoms with Crippen LogP contribution in [0.15, 0.2) is 78.9 Å². The van der Waals surface area contributed by atoms with E-state index >= 15 is 0 Å². The first-order valence-electron chi connectivity index (χ1n) is 14.8. The van der Waals surface area contributed by atoms with Crippen molar-refractivity contribution in [2.24, 2.45) is 5.92 Å². The molecule has 0 bridgehead atoms. The van der Waals surface area contributed by atoms with Crippen LogP contribution >= 0.6 is 0 Å². The molecular formula is C34H39FN4O3. The van der Waals surface area contributed by atoms with Crippen molar-refractivity contribution in [1.82, 2.24) is 15.1 Å². The van der Waals surface area contributed by atoms with E-state index in [1.165, 1.54) is 19.1 Å². The fourth-order valence-electron chi connectivity index (χ4n) is 6.25. The van der Waals surface area contributed by atoms with Gasteiger partial charge in [-0.1, -0.05) is 67.4 Å². The summed E-state index contributed by atoms with van der Waals surface area (Å²) in [5.41, 5.74) is 3.21. The summed E-state index contributed by atoms with van der Waals surface area (Å²) in [6.07, 6.45) is 4.63. The minimum absolute atomic E-state index is 0.0114. The lowest BCUT2D eigenvalue weighted by molar-refractivity contribution is -0.141. The van der Waals surface area contributed by atoms with Gasteiger partial charge < -0.3 is 15.5 Å². The molecule has 1 aliphatic heterocycles. The molecule has 220 valence electrons. The van der Waals surface area contributed by atoms with Gasteiger partial charge in [-0.05, 0) is 67.5 Å². The van der Waals surface area contributed by atoms with Gasteiger partial charge >= 0.3 is 6.03 Å². The Morgan fingerprint density at radius 2 is 1.69 bits per heavy atom. The van der Waals surface area contributed by atoms with Gasteiger partial charge in [-0.3, -0.25) is 14.5 Å². The average molecular weight is 571 g/mol. The molecule has 1 saturated carbocycles. The number of amides is 3. The van der Waals surface area contributed by atoms with Gasteiger partial charge in [0.05, 0.1) is 6.54 Å². The standard InChI is InChI=1S/C34H39FN4O3/c1-24(40)27-11-7-12-30(19-27)36-34(42)37-32-13-6-5-10-28(32)21-38-22-31(18-25-14-16-29(35)17-15-25)39(33(41)23-38)20-26-8-3-2-4-9-26/h2-4,7-9,11-12,14-17,19,28,31-32H,5-6,10,13,18,20-23H2,1H3,(H2,36,37,42)/t28-,31-,32+/m0/s1. The molecule has 0 spiro atoms. The predicted octanol–water partition coefficient (Wildman–Crippen LogP) is 5.66. The topological polar surface area (TPSA) is 81.8 Å². The van der Waals surface area contributed by atoms with Gasteiger partial charge in [-0.2, -0.15) is 0 Å². The number of nitrogens with zero attached hydrogens (tertiary/aromatic N) is 2. The minimum Gasteiger partial charge on any atom is -0.335 e. The van der Waals surface area contributed by atoms with Crippen molar-refractivity contribution in [2.75, 3.05) is 25.0 Å². The van der Waals surface area contributed by atoms with Crippen LogP contribution in [0.4, 0.5) is 14.9 Å². The molecule has 7 nitrogen and oxygen atoms in total. The maximum atomic E-state index is 13.6. The molecule has 42 heavy (non-hydrogen) atoms. The summed E-state index contributed by atoms with van der Waals surface area (Å²) in [4.78, 5) is 42.4. The van der Waals surface area contributed by atoms with E-state index in [2.05, 4.69) is 15.5 Å². The van der Waals surface area contributed by atoms with E-state index in [0.717, 1.165) is 43.4 Å². The first-order valence-corrected chi connectivity index (χ1v) is 14.8. The Morgan fingerprint density at radius 3 is 2.45 bits per heavy atom. The highest BCUT2D eigenvalue weighted by atomic mass is 19.1. The number of halogens is 1. The summed E-state index contributed by atoms with van der Waals surface area (Å²) in [7, 11) is 0. The predicted molar refractivity (Wildman–Crippen MR) is 162 cm³/mol. The first kappa shape index (κ1) is 29.5. The van der Waals surface area contributed by atoms with Crippen LogP contribution in [0.1, 0.15) is 54.1 Å². The zero-order chi connectivity index (χ0) is 29.5. The SMILES string of the molecule is CC(=O)c1cccc(NC(=O)N[C@@H]2CCCC[C@H]2CN2CC(=O)N(Cc3ccccc3)[C@@H](Cc3ccc(F)cc3)C2)c1. The fourth-order valence-corrected chi connectivity index (χ4v) is 6.25. The van der Waals surface area contributed by atoms with Crippen molar-refractivity contribution in [3.05, 3.63) is 101 Å². The highest BCUT2D eigenvalue weighted by molar-refractivity contribution is 5.96. The molecule has 0 aromatic heterocycles. The summed E-state index contributed by atoms with van der Waals surface area (Å²) in [6.45, 7) is 3.80. The van der Waals surface area contributed by atoms with E-state index in [1.54, 1.807) is 36.4 Å². The van der Waals surface area contributed by atoms with E-state index < -0.39 is 0 Å². The van der Waals surface area contributed by atoms with Crippen molar-refractivity contribution in [3.8, 4) is 0 Å². The van der Waals surface area contributed by atoms with Gasteiger partial charge in [-0.15, -0.1) is 0 Å². The number of benzene rings is 3. The van der Waals surface area contributed by atoms with Crippen LogP contribution in [-0.4, -0.2) is 59.2 Å². The maximum Gasteiger partial charge on any atom is 0.319 e. The molecule has 5 rings (SSSR count). The van der Waals surface area contributed by atoms with Crippen LogP contribution in [-0.2, 0) is 17.8 Å². The normalized spacial score (nSPS) is 21.1. The van der Waals surface area contributed by atoms with Crippen LogP contribution in [0.3, 0.4) is 0 Å². The Balaban J connectivity index is 1.25. The average Bonchev–Trinajstić information content (AvgIpc) is 2.98. The van der Waals surface area contributed by atoms with Crippen LogP contribution in [0.2, 0.25) is 0 Å². The fraction of sp³-hybridized carbons (Fsp3) is 0.382. The quantitative estimate of drug-likeness (QED) is 0.325. The van der Waals surface area contributed by atoms with Gasteiger partial charge in [0, 0.05) is 43.0 Å². The van der Waals surface area contributed by atoms with Gasteiger partial charge in [-0.25, -0.2) is 9.18 Å². The van der Waals surface area contributed by atoms with Gasteiger partial charge in [0.2, 0.25) is 5.91 Å². The maximum absolute atomic E-state index is 13.6. The minimum atomic E-state index is -0.287. The second-order valence-corrected chi connectivity index (χ2v) is 11.6. The first-order chi connectivity index (χ1) is 20.3. The Morgan fingerprint density at radius 1 is 0.929 bits per heavy atom. The summed E-state index contributed by atoms with van der Waals surface area (Å²) in [5, 5.41) is 6.05. The molecule has 2 N–H and O–H groups in total. The highest BCUT2D eigenvalue weighted by Gasteiger charge is 2.35. The Hall–Kier alpha value is -4.04. The third-order valence-corrected chi connectivity index (χ3v) is 8.41. The lowest BCUT2D eigenvalue weighted by atomic mass is 9.83. The molecule has 3 amide bonds. The zero-order valence-electron chi connectivity index (χ0n) is 24.1. The van der Waals surface area contributed by atoms with Crippen LogP contribution in [0, 0.1) is 11.7 Å². The molecule has 3 aromatic rings. The molecule has 2 aliphatic rings. The van der Waals surface area contributed by atoms with Crippen molar-refractivity contribution >= 4 is 23.4 Å². The summed E-state index contributed by atoms with van der Waals surface area (Å²) >= 11 is 0. The Bertz CT molecular complexity index is 1380. The lowest BCUT2D eigenvalue weighted by Crippen LogP contribution is -2.58. The number of urea groups is 1. The summed E-state index contributed by atoms with van der Waals surface area (Å²) in [6, 6.07) is 23.1. The van der Waals surface area contributed by atoms with Crippen molar-refractivity contribution < 1.29 is 18.8 Å². The lowest BCUT2D eigenvalue weighted by Gasteiger charge is -2.44. The molecule has 8 heteroatoms. The van der Waals surface area contributed by atoms with E-state index in [-0.39, 0.29) is 41.5 Å². The summed E-state index contributed by atoms with van der Waals surface area (Å²) in [5.74, 6) is -0.0242. The molecule has 3 atom stereocenters. The number of Topliss-reactive ketones (excluding diaryl/α,β-unsaturated/α-hetero) is 1. The smallest absolute Gasteiger partial charge is 0.319 e. The Labute approximate surface area is 247 Å². The molecule has 3 aromatic carbocycles. The number of nitrogens with one attached hydrogen (secondary N) is 2. The van der Waals surface area contributed by atoms with Crippen molar-refractivity contribution in [1.29, 1.82) is 0 Å². The monoisotopic (exact) mass is 570 g/mol. The van der Waals surface area contributed by atoms with E-state index in [0.29, 0.717) is 37.3 Å². The van der Waals surface area contributed by atoms with Crippen molar-refractivity contribution in [2.45, 2.75) is 57.7 Å². The third-order valence-electron chi connectivity index (χ3n) is 8.41.